The van der Waals surface area contributed by atoms with Gasteiger partial charge in [0.2, 0.25) is 15.9 Å². The van der Waals surface area contributed by atoms with Crippen LogP contribution in [0, 0.1) is 0 Å². The van der Waals surface area contributed by atoms with Gasteiger partial charge in [-0.25, -0.2) is 8.42 Å². The Hall–Kier alpha value is -2.65. The number of nitrogens with one attached hydrogen (secondary N) is 1. The van der Waals surface area contributed by atoms with E-state index in [1.165, 1.54) is 16.1 Å². The molecule has 8 heteroatoms. The summed E-state index contributed by atoms with van der Waals surface area (Å²) in [5.41, 5.74) is 8.66. The van der Waals surface area contributed by atoms with Crippen LogP contribution < -0.4 is 11.1 Å². The van der Waals surface area contributed by atoms with E-state index in [0.29, 0.717) is 25.3 Å². The SMILES string of the molecule is NCC[C@H](NC(=O)C1SCCN1S(=O)(=O)c1ccc(-c2ccccc2)cc1)c1ccccc1. The highest BCUT2D eigenvalue weighted by molar-refractivity contribution is 8.02. The zero-order valence-electron chi connectivity index (χ0n) is 18.1. The van der Waals surface area contributed by atoms with Crippen LogP contribution in [0.15, 0.2) is 89.8 Å². The zero-order valence-corrected chi connectivity index (χ0v) is 19.8. The van der Waals surface area contributed by atoms with Crippen LogP contribution in [0.2, 0.25) is 0 Å². The molecule has 1 saturated heterocycles. The molecule has 0 bridgehead atoms. The molecule has 2 atom stereocenters. The number of amides is 1. The summed E-state index contributed by atoms with van der Waals surface area (Å²) in [5, 5.41) is 2.20. The molecule has 172 valence electrons. The van der Waals surface area contributed by atoms with E-state index in [9.17, 15) is 13.2 Å². The van der Waals surface area contributed by atoms with Crippen LogP contribution in [0.3, 0.4) is 0 Å². The summed E-state index contributed by atoms with van der Waals surface area (Å²) in [6, 6.07) is 25.9. The molecule has 1 heterocycles. The lowest BCUT2D eigenvalue weighted by atomic mass is 10.0. The predicted molar refractivity (Wildman–Crippen MR) is 133 cm³/mol. The highest BCUT2D eigenvalue weighted by atomic mass is 32.2. The van der Waals surface area contributed by atoms with Crippen LogP contribution in [0.25, 0.3) is 11.1 Å². The minimum absolute atomic E-state index is 0.184. The molecule has 1 fully saturated rings. The van der Waals surface area contributed by atoms with Gasteiger partial charge in [0.1, 0.15) is 5.37 Å². The van der Waals surface area contributed by atoms with Gasteiger partial charge in [0, 0.05) is 12.3 Å². The van der Waals surface area contributed by atoms with Crippen molar-refractivity contribution < 1.29 is 13.2 Å². The van der Waals surface area contributed by atoms with Crippen LogP contribution in [0.1, 0.15) is 18.0 Å². The van der Waals surface area contributed by atoms with Crippen molar-refractivity contribution in [3.05, 3.63) is 90.5 Å². The van der Waals surface area contributed by atoms with Crippen LogP contribution in [-0.2, 0) is 14.8 Å². The number of hydrogen-bond acceptors (Lipinski definition) is 5. The van der Waals surface area contributed by atoms with Crippen molar-refractivity contribution in [2.45, 2.75) is 22.7 Å². The largest absolute Gasteiger partial charge is 0.347 e. The maximum atomic E-state index is 13.4. The summed E-state index contributed by atoms with van der Waals surface area (Å²) in [6.45, 7) is 0.700. The summed E-state index contributed by atoms with van der Waals surface area (Å²) < 4.78 is 28.1. The zero-order chi connectivity index (χ0) is 23.3. The smallest absolute Gasteiger partial charge is 0.249 e. The third kappa shape index (κ3) is 5.30. The highest BCUT2D eigenvalue weighted by Gasteiger charge is 2.40. The topological polar surface area (TPSA) is 92.5 Å². The van der Waals surface area contributed by atoms with Gasteiger partial charge in [-0.15, -0.1) is 11.8 Å². The Morgan fingerprint density at radius 1 is 0.970 bits per heavy atom. The first-order chi connectivity index (χ1) is 16.0. The molecule has 0 aromatic heterocycles. The Morgan fingerprint density at radius 2 is 1.58 bits per heavy atom. The van der Waals surface area contributed by atoms with Crippen molar-refractivity contribution in [2.75, 3.05) is 18.8 Å². The second-order valence-corrected chi connectivity index (χ2v) is 10.9. The molecule has 0 saturated carbocycles. The Kier molecular flexibility index (Phi) is 7.49. The molecule has 1 aliphatic heterocycles. The van der Waals surface area contributed by atoms with Crippen molar-refractivity contribution in [1.82, 2.24) is 9.62 Å². The van der Waals surface area contributed by atoms with Gasteiger partial charge in [-0.3, -0.25) is 4.79 Å². The maximum absolute atomic E-state index is 13.4. The fraction of sp³-hybridized carbons (Fsp3) is 0.240. The van der Waals surface area contributed by atoms with E-state index < -0.39 is 15.4 Å². The van der Waals surface area contributed by atoms with E-state index in [-0.39, 0.29) is 16.8 Å². The normalized spacial score (nSPS) is 17.5. The Bertz CT molecular complexity index is 1170. The molecule has 33 heavy (non-hydrogen) atoms. The van der Waals surface area contributed by atoms with E-state index in [1.807, 2.05) is 60.7 Å². The lowest BCUT2D eigenvalue weighted by Gasteiger charge is -2.25. The van der Waals surface area contributed by atoms with Gasteiger partial charge in [0.25, 0.3) is 0 Å². The fourth-order valence-corrected chi connectivity index (χ4v) is 6.99. The molecule has 4 rings (SSSR count). The standard InChI is InChI=1S/C25H27N3O3S2/c26-16-15-23(21-9-5-2-6-10-21)27-24(29)25-28(17-18-32-25)33(30,31)22-13-11-20(12-14-22)19-7-3-1-4-8-19/h1-14,23,25H,15-18,26H2,(H,27,29)/t23-,25?/m0/s1. The van der Waals surface area contributed by atoms with Gasteiger partial charge >= 0.3 is 0 Å². The van der Waals surface area contributed by atoms with Crippen LogP contribution in [0.4, 0.5) is 0 Å². The molecule has 3 aromatic rings. The Morgan fingerprint density at radius 3 is 2.21 bits per heavy atom. The molecule has 1 unspecified atom stereocenters. The van der Waals surface area contributed by atoms with E-state index in [0.717, 1.165) is 16.7 Å². The molecule has 1 amide bonds. The molecule has 0 aliphatic carbocycles. The average molecular weight is 482 g/mol. The van der Waals surface area contributed by atoms with Gasteiger partial charge in [-0.1, -0.05) is 72.8 Å². The predicted octanol–water partition coefficient (Wildman–Crippen LogP) is 3.62. The second-order valence-electron chi connectivity index (χ2n) is 7.78. The minimum atomic E-state index is -3.82. The number of nitrogens with two attached hydrogens (primary N) is 1. The second kappa shape index (κ2) is 10.5. The molecule has 3 N–H and O–H groups in total. The van der Waals surface area contributed by atoms with Crippen molar-refractivity contribution in [3.63, 3.8) is 0 Å². The van der Waals surface area contributed by atoms with Crippen LogP contribution in [0.5, 0.6) is 0 Å². The molecular formula is C25H27N3O3S2. The van der Waals surface area contributed by atoms with Gasteiger partial charge in [0.15, 0.2) is 0 Å². The molecule has 0 spiro atoms. The molecule has 3 aromatic carbocycles. The van der Waals surface area contributed by atoms with Gasteiger partial charge in [-0.2, -0.15) is 4.31 Å². The van der Waals surface area contributed by atoms with Crippen molar-refractivity contribution >= 4 is 27.7 Å². The number of benzene rings is 3. The number of sulfonamides is 1. The molecule has 0 radical (unpaired) electrons. The van der Waals surface area contributed by atoms with E-state index >= 15 is 0 Å². The number of rotatable bonds is 8. The van der Waals surface area contributed by atoms with Crippen LogP contribution in [-0.4, -0.2) is 42.8 Å². The van der Waals surface area contributed by atoms with Gasteiger partial charge in [-0.05, 0) is 41.8 Å². The van der Waals surface area contributed by atoms with Gasteiger partial charge < -0.3 is 11.1 Å². The summed E-state index contributed by atoms with van der Waals surface area (Å²) >= 11 is 1.34. The number of hydrogen-bond donors (Lipinski definition) is 2. The van der Waals surface area contributed by atoms with E-state index in [1.54, 1.807) is 24.3 Å². The Balaban J connectivity index is 1.52. The third-order valence-corrected chi connectivity index (χ3v) is 8.83. The van der Waals surface area contributed by atoms with Crippen molar-refractivity contribution in [3.8, 4) is 11.1 Å². The summed E-state index contributed by atoms with van der Waals surface area (Å²) in [5.74, 6) is 0.246. The number of carbonyl (C=O) groups excluding carboxylic acids is 1. The molecular weight excluding hydrogens is 454 g/mol. The number of nitrogens with zero attached hydrogens (tertiary/aromatic N) is 1. The first kappa shape index (κ1) is 23.5. The maximum Gasteiger partial charge on any atom is 0.249 e. The lowest BCUT2D eigenvalue weighted by molar-refractivity contribution is -0.122. The van der Waals surface area contributed by atoms with Crippen LogP contribution >= 0.6 is 11.8 Å². The molecule has 1 aliphatic rings. The summed E-state index contributed by atoms with van der Waals surface area (Å²) in [7, 11) is -3.82. The Labute approximate surface area is 199 Å². The van der Waals surface area contributed by atoms with Gasteiger partial charge in [0.05, 0.1) is 10.9 Å². The average Bonchev–Trinajstić information content (AvgIpc) is 3.36. The van der Waals surface area contributed by atoms with Crippen molar-refractivity contribution in [1.29, 1.82) is 0 Å². The summed E-state index contributed by atoms with van der Waals surface area (Å²) in [4.78, 5) is 13.3. The number of thioether (sulfide) groups is 1. The quantitative estimate of drug-likeness (QED) is 0.513. The minimum Gasteiger partial charge on any atom is -0.347 e. The fourth-order valence-electron chi connectivity index (χ4n) is 3.91. The van der Waals surface area contributed by atoms with Crippen molar-refractivity contribution in [2.24, 2.45) is 5.73 Å². The first-order valence-corrected chi connectivity index (χ1v) is 13.3. The lowest BCUT2D eigenvalue weighted by Crippen LogP contribution is -2.45. The third-order valence-electron chi connectivity index (χ3n) is 5.62. The van der Waals surface area contributed by atoms with E-state index in [4.69, 9.17) is 5.73 Å². The highest BCUT2D eigenvalue weighted by Crippen LogP contribution is 2.32. The number of carbonyl (C=O) groups is 1. The summed E-state index contributed by atoms with van der Waals surface area (Å²) in [6.07, 6.45) is 0.570. The van der Waals surface area contributed by atoms with E-state index in [2.05, 4.69) is 5.32 Å². The first-order valence-electron chi connectivity index (χ1n) is 10.8. The monoisotopic (exact) mass is 481 g/mol. The molecule has 6 nitrogen and oxygen atoms in total.